The summed E-state index contributed by atoms with van der Waals surface area (Å²) in [5.74, 6) is 0.200. The number of carbonyl (C=O) groups is 1. The van der Waals surface area contributed by atoms with Crippen LogP contribution in [0.25, 0.3) is 0 Å². The van der Waals surface area contributed by atoms with E-state index in [1.165, 1.54) is 51.5 Å². The molecular formula is C15H25NO2. The zero-order chi connectivity index (χ0) is 12.5. The molecule has 3 unspecified atom stereocenters. The van der Waals surface area contributed by atoms with E-state index in [1.54, 1.807) is 0 Å². The van der Waals surface area contributed by atoms with Gasteiger partial charge in [0.2, 0.25) is 0 Å². The van der Waals surface area contributed by atoms with Gasteiger partial charge in [-0.1, -0.05) is 25.7 Å². The Balaban J connectivity index is 1.61. The maximum Gasteiger partial charge on any atom is 0.308 e. The third-order valence-electron chi connectivity index (χ3n) is 5.44. The van der Waals surface area contributed by atoms with Crippen LogP contribution in [0.4, 0.5) is 0 Å². The van der Waals surface area contributed by atoms with Crippen LogP contribution in [0.2, 0.25) is 0 Å². The fourth-order valence-electron chi connectivity index (χ4n) is 4.50. The van der Waals surface area contributed by atoms with Gasteiger partial charge in [-0.3, -0.25) is 9.69 Å². The molecule has 18 heavy (non-hydrogen) atoms. The first-order chi connectivity index (χ1) is 8.75. The van der Waals surface area contributed by atoms with Gasteiger partial charge in [-0.15, -0.1) is 0 Å². The van der Waals surface area contributed by atoms with Gasteiger partial charge < -0.3 is 5.11 Å². The molecule has 2 aliphatic heterocycles. The first kappa shape index (κ1) is 12.5. The quantitative estimate of drug-likeness (QED) is 0.784. The van der Waals surface area contributed by atoms with Crippen molar-refractivity contribution in [2.75, 3.05) is 6.54 Å². The Labute approximate surface area is 110 Å². The van der Waals surface area contributed by atoms with Gasteiger partial charge in [-0.25, -0.2) is 0 Å². The van der Waals surface area contributed by atoms with E-state index in [0.717, 1.165) is 18.8 Å². The summed E-state index contributed by atoms with van der Waals surface area (Å²) in [5.41, 5.74) is 0. The number of fused-ring (bicyclic) bond motifs is 2. The third kappa shape index (κ3) is 2.29. The van der Waals surface area contributed by atoms with Gasteiger partial charge in [0.1, 0.15) is 0 Å². The maximum absolute atomic E-state index is 11.3. The maximum atomic E-state index is 11.3. The molecule has 3 nitrogen and oxygen atoms in total. The Morgan fingerprint density at radius 2 is 1.78 bits per heavy atom. The van der Waals surface area contributed by atoms with Crippen molar-refractivity contribution in [3.63, 3.8) is 0 Å². The zero-order valence-electron chi connectivity index (χ0n) is 11.2. The SMILES string of the molecule is O=C(O)C1CC2CCC1N2CC1CCCCCC1. The molecule has 3 fully saturated rings. The van der Waals surface area contributed by atoms with Gasteiger partial charge in [0.05, 0.1) is 5.92 Å². The van der Waals surface area contributed by atoms with E-state index in [9.17, 15) is 9.90 Å². The largest absolute Gasteiger partial charge is 0.481 e. The molecule has 2 heterocycles. The number of hydrogen-bond donors (Lipinski definition) is 1. The van der Waals surface area contributed by atoms with Crippen molar-refractivity contribution in [3.8, 4) is 0 Å². The van der Waals surface area contributed by atoms with Crippen LogP contribution in [0.3, 0.4) is 0 Å². The van der Waals surface area contributed by atoms with E-state index in [-0.39, 0.29) is 5.92 Å². The molecule has 1 N–H and O–H groups in total. The van der Waals surface area contributed by atoms with Crippen LogP contribution in [0.15, 0.2) is 0 Å². The number of nitrogens with zero attached hydrogens (tertiary/aromatic N) is 1. The predicted octanol–water partition coefficient (Wildman–Crippen LogP) is 2.89. The normalized spacial score (nSPS) is 37.9. The lowest BCUT2D eigenvalue weighted by molar-refractivity contribution is -0.142. The molecule has 102 valence electrons. The summed E-state index contributed by atoms with van der Waals surface area (Å²) in [6.45, 7) is 1.18. The molecule has 3 atom stereocenters. The molecule has 3 rings (SSSR count). The first-order valence-corrected chi connectivity index (χ1v) is 7.74. The summed E-state index contributed by atoms with van der Waals surface area (Å²) >= 11 is 0. The number of hydrogen-bond acceptors (Lipinski definition) is 2. The van der Waals surface area contributed by atoms with Gasteiger partial charge in [-0.05, 0) is 38.0 Å². The standard InChI is InChI=1S/C15H25NO2/c17-15(18)13-9-12-7-8-14(13)16(12)10-11-5-3-1-2-4-6-11/h11-14H,1-10H2,(H,17,18). The molecule has 0 aromatic rings. The summed E-state index contributed by atoms with van der Waals surface area (Å²) in [5, 5.41) is 9.28. The van der Waals surface area contributed by atoms with E-state index in [0.29, 0.717) is 12.1 Å². The van der Waals surface area contributed by atoms with Gasteiger partial charge in [0, 0.05) is 18.6 Å². The zero-order valence-corrected chi connectivity index (χ0v) is 11.2. The highest BCUT2D eigenvalue weighted by atomic mass is 16.4. The van der Waals surface area contributed by atoms with Crippen LogP contribution in [-0.4, -0.2) is 34.6 Å². The van der Waals surface area contributed by atoms with Gasteiger partial charge in [-0.2, -0.15) is 0 Å². The lowest BCUT2D eigenvalue weighted by Gasteiger charge is -2.27. The molecule has 2 saturated heterocycles. The van der Waals surface area contributed by atoms with Crippen molar-refractivity contribution in [2.24, 2.45) is 11.8 Å². The Bertz CT molecular complexity index is 310. The van der Waals surface area contributed by atoms with Crippen LogP contribution in [-0.2, 0) is 4.79 Å². The Hall–Kier alpha value is -0.570. The molecule has 0 aromatic carbocycles. The average Bonchev–Trinajstić information content (AvgIpc) is 2.78. The molecule has 1 saturated carbocycles. The van der Waals surface area contributed by atoms with Crippen molar-refractivity contribution in [1.29, 1.82) is 0 Å². The average molecular weight is 251 g/mol. The van der Waals surface area contributed by atoms with E-state index in [4.69, 9.17) is 0 Å². The predicted molar refractivity (Wildman–Crippen MR) is 70.5 cm³/mol. The van der Waals surface area contributed by atoms with E-state index in [2.05, 4.69) is 4.90 Å². The van der Waals surface area contributed by atoms with Crippen LogP contribution in [0.1, 0.15) is 57.8 Å². The Morgan fingerprint density at radius 3 is 2.39 bits per heavy atom. The summed E-state index contributed by atoms with van der Waals surface area (Å²) in [7, 11) is 0. The second-order valence-electron chi connectivity index (χ2n) is 6.53. The smallest absolute Gasteiger partial charge is 0.308 e. The summed E-state index contributed by atoms with van der Waals surface area (Å²) < 4.78 is 0. The van der Waals surface area contributed by atoms with Crippen LogP contribution in [0.5, 0.6) is 0 Å². The highest BCUT2D eigenvalue weighted by Crippen LogP contribution is 2.42. The fraction of sp³-hybridized carbons (Fsp3) is 0.933. The first-order valence-electron chi connectivity index (χ1n) is 7.74. The lowest BCUT2D eigenvalue weighted by Crippen LogP contribution is -2.36. The third-order valence-corrected chi connectivity index (χ3v) is 5.44. The van der Waals surface area contributed by atoms with Gasteiger partial charge >= 0.3 is 5.97 Å². The minimum atomic E-state index is -0.562. The van der Waals surface area contributed by atoms with Crippen LogP contribution < -0.4 is 0 Å². The summed E-state index contributed by atoms with van der Waals surface area (Å²) in [6, 6.07) is 0.940. The molecule has 0 amide bonds. The molecule has 0 radical (unpaired) electrons. The Morgan fingerprint density at radius 1 is 1.06 bits per heavy atom. The van der Waals surface area contributed by atoms with Crippen molar-refractivity contribution >= 4 is 5.97 Å². The van der Waals surface area contributed by atoms with Gasteiger partial charge in [0.25, 0.3) is 0 Å². The Kier molecular flexibility index (Phi) is 3.60. The van der Waals surface area contributed by atoms with Crippen LogP contribution >= 0.6 is 0 Å². The second kappa shape index (κ2) is 5.20. The molecule has 3 heteroatoms. The number of carboxylic acid groups (broad SMARTS) is 1. The molecule has 1 aliphatic carbocycles. The second-order valence-corrected chi connectivity index (χ2v) is 6.53. The molecule has 0 spiro atoms. The van der Waals surface area contributed by atoms with Crippen molar-refractivity contribution < 1.29 is 9.90 Å². The number of rotatable bonds is 3. The molecular weight excluding hydrogens is 226 g/mol. The van der Waals surface area contributed by atoms with Crippen LogP contribution in [0, 0.1) is 11.8 Å². The minimum absolute atomic E-state index is 0.0745. The number of carboxylic acids is 1. The topological polar surface area (TPSA) is 40.5 Å². The van der Waals surface area contributed by atoms with E-state index in [1.807, 2.05) is 0 Å². The van der Waals surface area contributed by atoms with Crippen molar-refractivity contribution in [1.82, 2.24) is 4.90 Å². The molecule has 0 aromatic heterocycles. The summed E-state index contributed by atoms with van der Waals surface area (Å²) in [4.78, 5) is 13.8. The monoisotopic (exact) mass is 251 g/mol. The van der Waals surface area contributed by atoms with E-state index < -0.39 is 5.97 Å². The van der Waals surface area contributed by atoms with Crippen molar-refractivity contribution in [2.45, 2.75) is 69.9 Å². The summed E-state index contributed by atoms with van der Waals surface area (Å²) in [6.07, 6.45) is 11.6. The fourth-order valence-corrected chi connectivity index (χ4v) is 4.50. The van der Waals surface area contributed by atoms with Gasteiger partial charge in [0.15, 0.2) is 0 Å². The number of aliphatic carboxylic acids is 1. The minimum Gasteiger partial charge on any atom is -0.481 e. The van der Waals surface area contributed by atoms with Crippen molar-refractivity contribution in [3.05, 3.63) is 0 Å². The highest BCUT2D eigenvalue weighted by Gasteiger charge is 2.49. The van der Waals surface area contributed by atoms with E-state index >= 15 is 0 Å². The molecule has 3 aliphatic rings. The molecule has 2 bridgehead atoms. The highest BCUT2D eigenvalue weighted by molar-refractivity contribution is 5.71. The lowest BCUT2D eigenvalue weighted by atomic mass is 9.89.